The third kappa shape index (κ3) is 2.92. The summed E-state index contributed by atoms with van der Waals surface area (Å²) in [4.78, 5) is 20.2. The lowest BCUT2D eigenvalue weighted by Gasteiger charge is -2.31. The van der Waals surface area contributed by atoms with Crippen molar-refractivity contribution < 1.29 is 0 Å². The van der Waals surface area contributed by atoms with Gasteiger partial charge in [-0.15, -0.1) is 0 Å². The number of anilines is 4. The van der Waals surface area contributed by atoms with Gasteiger partial charge >= 0.3 is 0 Å². The van der Waals surface area contributed by atoms with Crippen LogP contribution in [0.1, 0.15) is 12.8 Å². The molecule has 5 N–H and O–H groups in total. The number of rotatable bonds is 4. The van der Waals surface area contributed by atoms with Crippen molar-refractivity contribution in [3.63, 3.8) is 0 Å². The summed E-state index contributed by atoms with van der Waals surface area (Å²) in [5.74, 6) is 1.88. The van der Waals surface area contributed by atoms with Gasteiger partial charge in [0.15, 0.2) is 5.65 Å². The van der Waals surface area contributed by atoms with E-state index in [-0.39, 0.29) is 6.04 Å². The normalized spacial score (nSPS) is 21.9. The van der Waals surface area contributed by atoms with Crippen LogP contribution < -0.4 is 21.3 Å². The Hall–Kier alpha value is -3.63. The first-order valence-electron chi connectivity index (χ1n) is 11.4. The first kappa shape index (κ1) is 19.8. The van der Waals surface area contributed by atoms with Crippen LogP contribution >= 0.6 is 11.6 Å². The van der Waals surface area contributed by atoms with Gasteiger partial charge in [0.25, 0.3) is 0 Å². The van der Waals surface area contributed by atoms with E-state index >= 15 is 0 Å². The third-order valence-electron chi connectivity index (χ3n) is 7.15. The molecular formula is C23H23ClN10. The second kappa shape index (κ2) is 7.18. The van der Waals surface area contributed by atoms with Crippen molar-refractivity contribution in [3.8, 4) is 0 Å². The summed E-state index contributed by atoms with van der Waals surface area (Å²) < 4.78 is 1.72. The Bertz CT molecular complexity index is 1570. The van der Waals surface area contributed by atoms with Crippen molar-refractivity contribution in [1.82, 2.24) is 29.5 Å². The summed E-state index contributed by atoms with van der Waals surface area (Å²) >= 11 is 6.48. The van der Waals surface area contributed by atoms with Gasteiger partial charge in [0.2, 0.25) is 5.95 Å². The van der Waals surface area contributed by atoms with Gasteiger partial charge in [-0.3, -0.25) is 0 Å². The summed E-state index contributed by atoms with van der Waals surface area (Å²) in [7, 11) is 1.88. The van der Waals surface area contributed by atoms with Gasteiger partial charge in [-0.05, 0) is 30.9 Å². The van der Waals surface area contributed by atoms with E-state index in [2.05, 4.69) is 30.6 Å². The number of halogens is 1. The molecule has 1 saturated heterocycles. The lowest BCUT2D eigenvalue weighted by Crippen LogP contribution is -2.41. The Balaban J connectivity index is 1.41. The van der Waals surface area contributed by atoms with Crippen LogP contribution in [0.5, 0.6) is 0 Å². The van der Waals surface area contributed by atoms with Crippen LogP contribution in [0.2, 0.25) is 5.02 Å². The van der Waals surface area contributed by atoms with Gasteiger partial charge in [-0.1, -0.05) is 11.6 Å². The number of hydrogen-bond donors (Lipinski definition) is 4. The molecule has 34 heavy (non-hydrogen) atoms. The van der Waals surface area contributed by atoms with Crippen molar-refractivity contribution in [2.45, 2.75) is 24.9 Å². The number of nitrogens with two attached hydrogens (primary N) is 1. The van der Waals surface area contributed by atoms with E-state index in [0.29, 0.717) is 22.9 Å². The molecular weight excluding hydrogens is 452 g/mol. The lowest BCUT2D eigenvalue weighted by molar-refractivity contribution is 0.471. The number of benzene rings is 1. The monoisotopic (exact) mass is 474 g/mol. The highest BCUT2D eigenvalue weighted by molar-refractivity contribution is 6.33. The minimum Gasteiger partial charge on any atom is -0.386 e. The molecule has 10 nitrogen and oxygen atoms in total. The summed E-state index contributed by atoms with van der Waals surface area (Å²) in [6.45, 7) is 0.893. The fraction of sp³-hybridized carbons (Fsp3) is 0.304. The molecule has 2 bridgehead atoms. The number of hydrogen-bond acceptors (Lipinski definition) is 8. The van der Waals surface area contributed by atoms with E-state index in [9.17, 15) is 0 Å². The summed E-state index contributed by atoms with van der Waals surface area (Å²) in [5, 5.41) is 13.5. The Morgan fingerprint density at radius 3 is 2.94 bits per heavy atom. The Morgan fingerprint density at radius 1 is 1.24 bits per heavy atom. The zero-order chi connectivity index (χ0) is 23.0. The highest BCUT2D eigenvalue weighted by Crippen LogP contribution is 2.44. The van der Waals surface area contributed by atoms with Crippen LogP contribution in [0.3, 0.4) is 0 Å². The smallest absolute Gasteiger partial charge is 0.231 e. The number of fused-ring (bicyclic) bond motifs is 6. The molecule has 2 aliphatic rings. The van der Waals surface area contributed by atoms with Crippen LogP contribution in [0.4, 0.5) is 23.1 Å². The molecule has 2 fully saturated rings. The zero-order valence-corrected chi connectivity index (χ0v) is 19.2. The molecule has 1 aliphatic carbocycles. The molecule has 0 radical (unpaired) electrons. The molecule has 7 rings (SSSR count). The largest absolute Gasteiger partial charge is 0.386 e. The lowest BCUT2D eigenvalue weighted by atomic mass is 10.0. The van der Waals surface area contributed by atoms with Crippen molar-refractivity contribution in [2.24, 2.45) is 11.7 Å². The number of aromatic nitrogens is 6. The molecule has 4 aromatic heterocycles. The second-order valence-electron chi connectivity index (χ2n) is 9.15. The Labute approximate surface area is 199 Å². The summed E-state index contributed by atoms with van der Waals surface area (Å²) in [6.07, 6.45) is 7.42. The number of piperidine rings is 1. The van der Waals surface area contributed by atoms with Crippen LogP contribution in [0.15, 0.2) is 36.8 Å². The van der Waals surface area contributed by atoms with E-state index in [0.717, 1.165) is 64.2 Å². The van der Waals surface area contributed by atoms with Crippen molar-refractivity contribution in [1.29, 1.82) is 0 Å². The van der Waals surface area contributed by atoms with Crippen LogP contribution in [-0.4, -0.2) is 55.2 Å². The second-order valence-corrected chi connectivity index (χ2v) is 9.58. The number of H-pyrrole nitrogens is 1. The Morgan fingerprint density at radius 2 is 2.15 bits per heavy atom. The zero-order valence-electron chi connectivity index (χ0n) is 18.5. The maximum atomic E-state index is 6.48. The molecule has 1 saturated carbocycles. The van der Waals surface area contributed by atoms with Crippen LogP contribution in [0, 0.1) is 5.92 Å². The van der Waals surface area contributed by atoms with E-state index in [4.69, 9.17) is 27.3 Å². The molecule has 5 heterocycles. The van der Waals surface area contributed by atoms with Gasteiger partial charge in [0.05, 0.1) is 40.9 Å². The molecule has 0 unspecified atom stereocenters. The van der Waals surface area contributed by atoms with Crippen LogP contribution in [-0.2, 0) is 0 Å². The Kier molecular flexibility index (Phi) is 4.18. The third-order valence-corrected chi connectivity index (χ3v) is 7.36. The highest BCUT2D eigenvalue weighted by atomic mass is 35.5. The minimum atomic E-state index is 0.261. The number of nitrogens with zero attached hydrogens (tertiary/aromatic N) is 6. The number of aromatic amines is 1. The fourth-order valence-corrected chi connectivity index (χ4v) is 5.78. The van der Waals surface area contributed by atoms with E-state index in [1.807, 2.05) is 31.4 Å². The van der Waals surface area contributed by atoms with Crippen LogP contribution in [0.25, 0.3) is 27.6 Å². The average Bonchev–Trinajstić information content (AvgIpc) is 3.60. The molecule has 172 valence electrons. The molecule has 1 aromatic carbocycles. The maximum absolute atomic E-state index is 6.48. The van der Waals surface area contributed by atoms with E-state index in [1.165, 1.54) is 0 Å². The molecule has 11 heteroatoms. The maximum Gasteiger partial charge on any atom is 0.231 e. The summed E-state index contributed by atoms with van der Waals surface area (Å²) in [5.41, 5.74) is 10.5. The van der Waals surface area contributed by atoms with Gasteiger partial charge in [-0.25, -0.2) is 9.50 Å². The average molecular weight is 475 g/mol. The van der Waals surface area contributed by atoms with Crippen molar-refractivity contribution in [3.05, 3.63) is 41.8 Å². The molecule has 0 spiro atoms. The molecule has 5 aromatic rings. The minimum absolute atomic E-state index is 0.261. The highest BCUT2D eigenvalue weighted by Gasteiger charge is 2.44. The predicted molar refractivity (Wildman–Crippen MR) is 134 cm³/mol. The number of nitrogens with one attached hydrogen (secondary N) is 3. The SMILES string of the molecule is CNc1cc(Cl)cc2c1[nH]c1nc(Nc3cnc4ccnn4c3)nc(N3C[C@H]4C[C@@H]3C[C@H]4N)c12. The molecule has 3 atom stereocenters. The molecule has 1 aliphatic heterocycles. The fourth-order valence-electron chi connectivity index (χ4n) is 5.56. The van der Waals surface area contributed by atoms with E-state index in [1.54, 1.807) is 16.9 Å². The standard InChI is InChI=1S/C23H23ClN10/c1-26-17-6-12(24)5-15-19-21(30-20(15)17)31-23(29-13-8-27-18-2-3-28-34(18)10-13)32-22(19)33-9-11-4-14(33)7-16(11)25/h2-3,5-6,8,10-11,14,16,26H,4,7,9,25H2,1H3,(H2,29,30,31,32)/t11-,14-,16-/m1/s1. The van der Waals surface area contributed by atoms with Gasteiger partial charge in [0, 0.05) is 42.2 Å². The van der Waals surface area contributed by atoms with Crippen molar-refractivity contribution in [2.75, 3.05) is 29.1 Å². The van der Waals surface area contributed by atoms with Gasteiger partial charge < -0.3 is 26.3 Å². The van der Waals surface area contributed by atoms with Gasteiger partial charge in [-0.2, -0.15) is 15.1 Å². The first-order valence-corrected chi connectivity index (χ1v) is 11.7. The topological polar surface area (TPSA) is 125 Å². The molecule has 0 amide bonds. The predicted octanol–water partition coefficient (Wildman–Crippen LogP) is 3.52. The summed E-state index contributed by atoms with van der Waals surface area (Å²) in [6, 6.07) is 6.38. The van der Waals surface area contributed by atoms with Crippen molar-refractivity contribution >= 4 is 62.3 Å². The first-order chi connectivity index (χ1) is 16.6. The van der Waals surface area contributed by atoms with Gasteiger partial charge in [0.1, 0.15) is 11.5 Å². The quantitative estimate of drug-likeness (QED) is 0.312. The van der Waals surface area contributed by atoms with E-state index < -0.39 is 0 Å².